The number of aliphatic hydroxyl groups is 3. The first-order valence-corrected chi connectivity index (χ1v) is 15.9. The summed E-state index contributed by atoms with van der Waals surface area (Å²) in [6.07, 6.45) is 9.68. The monoisotopic (exact) mass is 617 g/mol. The first-order valence-electron chi connectivity index (χ1n) is 15.9. The highest BCUT2D eigenvalue weighted by Gasteiger charge is 2.61. The number of aliphatic hydroxyl groups excluding tert-OH is 3. The van der Waals surface area contributed by atoms with E-state index in [1.807, 2.05) is 32.9 Å². The van der Waals surface area contributed by atoms with Crippen LogP contribution < -0.4 is 0 Å². The lowest BCUT2D eigenvalue weighted by molar-refractivity contribution is -0.192. The zero-order chi connectivity index (χ0) is 32.2. The van der Waals surface area contributed by atoms with Crippen molar-refractivity contribution in [3.8, 4) is 0 Å². The van der Waals surface area contributed by atoms with E-state index in [0.717, 1.165) is 18.4 Å². The maximum Gasteiger partial charge on any atom is 0.410 e. The molecule has 0 aromatic heterocycles. The Hall–Kier alpha value is -2.50. The molecule has 0 bridgehead atoms. The van der Waals surface area contributed by atoms with Crippen molar-refractivity contribution < 1.29 is 43.9 Å². The molecule has 0 saturated carbocycles. The van der Waals surface area contributed by atoms with Gasteiger partial charge >= 0.3 is 6.09 Å². The largest absolute Gasteiger partial charge is 0.513 e. The van der Waals surface area contributed by atoms with Crippen LogP contribution in [0.4, 0.5) is 4.79 Å². The molecule has 0 aliphatic carbocycles. The average molecular weight is 618 g/mol. The summed E-state index contributed by atoms with van der Waals surface area (Å²) in [5.74, 6) is 0.292. The number of allylic oxidation sites excluding steroid dienone is 3. The van der Waals surface area contributed by atoms with Gasteiger partial charge in [0.15, 0.2) is 5.78 Å². The summed E-state index contributed by atoms with van der Waals surface area (Å²) in [4.78, 5) is 26.7. The zero-order valence-electron chi connectivity index (χ0n) is 26.8. The molecule has 1 amide bonds. The maximum absolute atomic E-state index is 12.8. The molecule has 0 aromatic rings. The van der Waals surface area contributed by atoms with Crippen LogP contribution in [-0.2, 0) is 23.7 Å². The molecule has 0 radical (unpaired) electrons. The van der Waals surface area contributed by atoms with Gasteiger partial charge in [0.1, 0.15) is 23.9 Å². The normalized spacial score (nSPS) is 38.4. The van der Waals surface area contributed by atoms with E-state index in [0.29, 0.717) is 39.0 Å². The van der Waals surface area contributed by atoms with Crippen LogP contribution in [0.15, 0.2) is 48.3 Å². The number of hydrogen-bond acceptors (Lipinski definition) is 9. The smallest absolute Gasteiger partial charge is 0.410 e. The number of epoxide rings is 1. The van der Waals surface area contributed by atoms with Gasteiger partial charge in [0, 0.05) is 31.8 Å². The Morgan fingerprint density at radius 2 is 1.98 bits per heavy atom. The molecule has 44 heavy (non-hydrogen) atoms. The third kappa shape index (κ3) is 8.60. The lowest BCUT2D eigenvalue weighted by Crippen LogP contribution is -2.56. The van der Waals surface area contributed by atoms with Crippen LogP contribution in [0.2, 0.25) is 0 Å². The van der Waals surface area contributed by atoms with E-state index < -0.39 is 35.6 Å². The van der Waals surface area contributed by atoms with Gasteiger partial charge in [0.05, 0.1) is 36.8 Å². The highest BCUT2D eigenvalue weighted by atomic mass is 16.6. The van der Waals surface area contributed by atoms with Crippen LogP contribution in [-0.4, -0.2) is 100 Å². The second-order valence-electron chi connectivity index (χ2n) is 13.6. The highest BCUT2D eigenvalue weighted by molar-refractivity contribution is 5.89. The summed E-state index contributed by atoms with van der Waals surface area (Å²) >= 11 is 0. The molecule has 4 aliphatic rings. The molecule has 1 spiro atoms. The minimum atomic E-state index is -0.780. The predicted molar refractivity (Wildman–Crippen MR) is 165 cm³/mol. The van der Waals surface area contributed by atoms with Gasteiger partial charge in [0.25, 0.3) is 0 Å². The van der Waals surface area contributed by atoms with E-state index in [1.165, 1.54) is 6.08 Å². The molecule has 10 atom stereocenters. The Kier molecular flexibility index (Phi) is 11.2. The Morgan fingerprint density at radius 3 is 2.61 bits per heavy atom. The zero-order valence-corrected chi connectivity index (χ0v) is 26.8. The highest BCUT2D eigenvalue weighted by Crippen LogP contribution is 2.46. The SMILES string of the molecule is C=C(O)[C@H]1CCN(C(=O)O[C@@H](C)/C=C\C(=O)C[C@@H]2C[C@H](C)[C@H](C/C=C(C)/C=C/C3O[C@@](C)(CO)C[C@@]4(CO4)[C@@H]3O)O[C@@H]2C)C1. The fourth-order valence-corrected chi connectivity index (χ4v) is 6.61. The number of carbonyl (C=O) groups is 2. The lowest BCUT2D eigenvalue weighted by atomic mass is 9.81. The summed E-state index contributed by atoms with van der Waals surface area (Å²) in [5, 5.41) is 30.1. The molecular formula is C34H51NO9. The van der Waals surface area contributed by atoms with Gasteiger partial charge in [-0.1, -0.05) is 37.3 Å². The van der Waals surface area contributed by atoms with Crippen molar-refractivity contribution in [2.75, 3.05) is 26.3 Å². The Labute approximate surface area is 261 Å². The van der Waals surface area contributed by atoms with E-state index in [-0.39, 0.29) is 48.1 Å². The molecule has 4 heterocycles. The van der Waals surface area contributed by atoms with Crippen LogP contribution in [0.5, 0.6) is 0 Å². The van der Waals surface area contributed by atoms with E-state index in [9.17, 15) is 24.9 Å². The lowest BCUT2D eigenvalue weighted by Gasteiger charge is -2.42. The van der Waals surface area contributed by atoms with Crippen molar-refractivity contribution in [1.29, 1.82) is 0 Å². The second kappa shape index (κ2) is 14.3. The molecule has 1 unspecified atom stereocenters. The van der Waals surface area contributed by atoms with Crippen molar-refractivity contribution in [2.24, 2.45) is 17.8 Å². The van der Waals surface area contributed by atoms with Gasteiger partial charge in [0.2, 0.25) is 0 Å². The molecule has 3 N–H and O–H groups in total. The number of amides is 1. The summed E-state index contributed by atoms with van der Waals surface area (Å²) < 4.78 is 23.4. The third-order valence-corrected chi connectivity index (χ3v) is 9.60. The number of ketones is 1. The van der Waals surface area contributed by atoms with Crippen molar-refractivity contribution in [2.45, 2.75) is 108 Å². The summed E-state index contributed by atoms with van der Waals surface area (Å²) in [7, 11) is 0. The fraction of sp³-hybridized carbons (Fsp3) is 0.706. The topological polar surface area (TPSA) is 138 Å². The molecule has 4 fully saturated rings. The molecular weight excluding hydrogens is 566 g/mol. The van der Waals surface area contributed by atoms with Gasteiger partial charge in [-0.25, -0.2) is 4.79 Å². The van der Waals surface area contributed by atoms with Crippen LogP contribution in [0.25, 0.3) is 0 Å². The molecule has 246 valence electrons. The summed E-state index contributed by atoms with van der Waals surface area (Å²) in [6.45, 7) is 14.5. The number of nitrogens with zero attached hydrogens (tertiary/aromatic N) is 1. The number of likely N-dealkylation sites (tertiary alicyclic amines) is 1. The van der Waals surface area contributed by atoms with Crippen LogP contribution in [0.1, 0.15) is 66.7 Å². The second-order valence-corrected chi connectivity index (χ2v) is 13.6. The van der Waals surface area contributed by atoms with E-state index in [2.05, 4.69) is 19.6 Å². The van der Waals surface area contributed by atoms with Gasteiger partial charge in [-0.05, 0) is 70.9 Å². The molecule has 10 heteroatoms. The minimum absolute atomic E-state index is 0.0273. The van der Waals surface area contributed by atoms with E-state index in [4.69, 9.17) is 18.9 Å². The van der Waals surface area contributed by atoms with Crippen LogP contribution in [0, 0.1) is 17.8 Å². The fourth-order valence-electron chi connectivity index (χ4n) is 6.61. The Bertz CT molecular complexity index is 1140. The first kappa shape index (κ1) is 34.4. The van der Waals surface area contributed by atoms with Crippen molar-refractivity contribution >= 4 is 11.9 Å². The van der Waals surface area contributed by atoms with Gasteiger partial charge in [-0.2, -0.15) is 0 Å². The quantitative estimate of drug-likeness (QED) is 0.133. The van der Waals surface area contributed by atoms with E-state index >= 15 is 0 Å². The number of ether oxygens (including phenoxy) is 4. The number of rotatable bonds is 11. The van der Waals surface area contributed by atoms with Crippen molar-refractivity contribution in [3.63, 3.8) is 0 Å². The van der Waals surface area contributed by atoms with Crippen molar-refractivity contribution in [1.82, 2.24) is 4.90 Å². The van der Waals surface area contributed by atoms with Gasteiger partial charge < -0.3 is 39.2 Å². The minimum Gasteiger partial charge on any atom is -0.513 e. The van der Waals surface area contributed by atoms with Crippen LogP contribution >= 0.6 is 0 Å². The summed E-state index contributed by atoms with van der Waals surface area (Å²) in [6, 6.07) is 0. The maximum atomic E-state index is 12.8. The summed E-state index contributed by atoms with van der Waals surface area (Å²) in [5.41, 5.74) is -0.358. The molecule has 10 nitrogen and oxygen atoms in total. The predicted octanol–water partition coefficient (Wildman–Crippen LogP) is 4.41. The standard InChI is InChI=1S/C34H51NO9/c1-21(8-12-30-31(39)34(20-41-34)18-33(6,19-36)44-30)7-11-29-22(2)15-27(25(5)43-29)16-28(38)10-9-23(3)42-32(40)35-14-13-26(17-35)24(4)37/h7-10,12,22-23,25-27,29-31,36-37,39H,4,11,13-20H2,1-3,5-6H3/b10-9-,12-8+,21-7+/t22-,23-,25+,26-,27-,29-,30?,31+,33+,34+/m0/s1. The number of carbonyl (C=O) groups excluding carboxylic acids is 2. The van der Waals surface area contributed by atoms with E-state index in [1.54, 1.807) is 17.9 Å². The third-order valence-electron chi connectivity index (χ3n) is 9.60. The Balaban J connectivity index is 1.21. The van der Waals surface area contributed by atoms with Crippen molar-refractivity contribution in [3.05, 3.63) is 48.3 Å². The van der Waals surface area contributed by atoms with Crippen LogP contribution in [0.3, 0.4) is 0 Å². The number of hydrogen-bond donors (Lipinski definition) is 3. The molecule has 4 aliphatic heterocycles. The molecule has 4 rings (SSSR count). The van der Waals surface area contributed by atoms with Gasteiger partial charge in [-0.15, -0.1) is 0 Å². The first-order chi connectivity index (χ1) is 20.7. The Morgan fingerprint density at radius 1 is 1.25 bits per heavy atom. The molecule has 4 saturated heterocycles. The molecule has 0 aromatic carbocycles. The van der Waals surface area contributed by atoms with Gasteiger partial charge in [-0.3, -0.25) is 4.79 Å². The average Bonchev–Trinajstić information content (AvgIpc) is 3.54.